The summed E-state index contributed by atoms with van der Waals surface area (Å²) < 4.78 is 69.6. The monoisotopic (exact) mass is 545 g/mol. The zero-order chi connectivity index (χ0) is 27.9. The first-order chi connectivity index (χ1) is 17.0. The maximum Gasteiger partial charge on any atom is 0.471 e. The van der Waals surface area contributed by atoms with Crippen molar-refractivity contribution in [3.63, 3.8) is 0 Å². The summed E-state index contributed by atoms with van der Waals surface area (Å²) in [5, 5.41) is 14.9. The van der Waals surface area contributed by atoms with Gasteiger partial charge in [-0.05, 0) is 43.9 Å². The number of aliphatic hydroxyl groups excluding tert-OH is 1. The van der Waals surface area contributed by atoms with E-state index < -0.39 is 51.8 Å². The second-order valence-electron chi connectivity index (χ2n) is 9.26. The predicted molar refractivity (Wildman–Crippen MR) is 129 cm³/mol. The van der Waals surface area contributed by atoms with Crippen LogP contribution in [0.3, 0.4) is 0 Å². The van der Waals surface area contributed by atoms with Crippen LogP contribution in [0, 0.1) is 0 Å². The largest absolute Gasteiger partial charge is 0.471 e. The average Bonchev–Trinajstić information content (AvgIpc) is 2.76. The van der Waals surface area contributed by atoms with Crippen LogP contribution in [0.25, 0.3) is 0 Å². The first-order valence-corrected chi connectivity index (χ1v) is 12.8. The molecule has 0 aliphatic heterocycles. The fraction of sp³-hybridized carbons (Fsp3) is 0.417. The molecule has 0 fully saturated rings. The molecule has 37 heavy (non-hydrogen) atoms. The second-order valence-corrected chi connectivity index (χ2v) is 11.0. The third kappa shape index (κ3) is 11.2. The van der Waals surface area contributed by atoms with Gasteiger partial charge in [0.05, 0.1) is 11.8 Å². The number of rotatable bonds is 10. The Bertz CT molecular complexity index is 1150. The van der Waals surface area contributed by atoms with Crippen LogP contribution >= 0.6 is 0 Å². The number of ether oxygens (including phenoxy) is 1. The molecule has 0 heterocycles. The Morgan fingerprint density at radius 2 is 1.51 bits per heavy atom. The van der Waals surface area contributed by atoms with Gasteiger partial charge in [0.15, 0.2) is 0 Å². The summed E-state index contributed by atoms with van der Waals surface area (Å²) in [4.78, 5) is 23.2. The standard InChI is InChI=1S/C24H30F3N3O6S/c1-23(2,3)36-22(33)29-19(13-16-7-5-4-6-8-16)20(31)30-37(34,35)15-18-11-9-17(10-12-18)14-28-21(32)24(25,26)27/h4-12,19-20,30-31H,13-15H2,1-3H3,(H,28,32)(H,29,33)/t19-,20?/m0/s1. The lowest BCUT2D eigenvalue weighted by atomic mass is 10.1. The molecule has 4 N–H and O–H groups in total. The van der Waals surface area contributed by atoms with Crippen molar-refractivity contribution in [2.75, 3.05) is 0 Å². The van der Waals surface area contributed by atoms with Gasteiger partial charge in [-0.2, -0.15) is 17.9 Å². The minimum absolute atomic E-state index is 0.0993. The van der Waals surface area contributed by atoms with E-state index in [2.05, 4.69) is 10.0 Å². The molecule has 1 unspecified atom stereocenters. The highest BCUT2D eigenvalue weighted by atomic mass is 32.2. The Kier molecular flexibility index (Phi) is 10.1. The van der Waals surface area contributed by atoms with Gasteiger partial charge >= 0.3 is 18.2 Å². The van der Waals surface area contributed by atoms with Crippen molar-refractivity contribution in [3.8, 4) is 0 Å². The van der Waals surface area contributed by atoms with Crippen LogP contribution in [-0.2, 0) is 38.3 Å². The minimum Gasteiger partial charge on any atom is -0.444 e. The Balaban J connectivity index is 2.05. The summed E-state index contributed by atoms with van der Waals surface area (Å²) in [6.07, 6.45) is -7.44. The van der Waals surface area contributed by atoms with Crippen LogP contribution in [-0.4, -0.2) is 49.6 Å². The number of hydrogen-bond donors (Lipinski definition) is 4. The first-order valence-electron chi connectivity index (χ1n) is 11.2. The molecule has 0 spiro atoms. The Labute approximate surface area is 213 Å². The van der Waals surface area contributed by atoms with Gasteiger partial charge < -0.3 is 20.5 Å². The normalized spacial score (nSPS) is 13.9. The quantitative estimate of drug-likeness (QED) is 0.339. The van der Waals surface area contributed by atoms with Crippen LogP contribution in [0.1, 0.15) is 37.5 Å². The number of benzene rings is 2. The van der Waals surface area contributed by atoms with Gasteiger partial charge in [-0.3, -0.25) is 4.79 Å². The van der Waals surface area contributed by atoms with Crippen molar-refractivity contribution in [2.45, 2.75) is 63.5 Å². The zero-order valence-electron chi connectivity index (χ0n) is 20.5. The zero-order valence-corrected chi connectivity index (χ0v) is 21.3. The van der Waals surface area contributed by atoms with Crippen LogP contribution in [0.15, 0.2) is 54.6 Å². The van der Waals surface area contributed by atoms with Gasteiger partial charge in [0.1, 0.15) is 11.8 Å². The van der Waals surface area contributed by atoms with Gasteiger partial charge in [0.2, 0.25) is 10.0 Å². The van der Waals surface area contributed by atoms with E-state index in [1.54, 1.807) is 56.4 Å². The molecule has 2 amide bonds. The maximum absolute atomic E-state index is 12.7. The molecule has 204 valence electrons. The maximum atomic E-state index is 12.7. The Morgan fingerprint density at radius 1 is 0.946 bits per heavy atom. The number of hydrogen-bond acceptors (Lipinski definition) is 6. The number of halogens is 3. The number of alkyl carbamates (subject to hydrolysis) is 1. The third-order valence-corrected chi connectivity index (χ3v) is 6.09. The smallest absolute Gasteiger partial charge is 0.444 e. The van der Waals surface area contributed by atoms with E-state index in [1.165, 1.54) is 24.3 Å². The van der Waals surface area contributed by atoms with E-state index in [4.69, 9.17) is 4.74 Å². The summed E-state index contributed by atoms with van der Waals surface area (Å²) in [6, 6.07) is 13.2. The molecule has 2 aromatic carbocycles. The molecule has 9 nitrogen and oxygen atoms in total. The molecule has 0 aromatic heterocycles. The number of nitrogens with one attached hydrogen (secondary N) is 3. The molecule has 2 atom stereocenters. The summed E-state index contributed by atoms with van der Waals surface area (Å²) >= 11 is 0. The van der Waals surface area contributed by atoms with Crippen molar-refractivity contribution in [1.82, 2.24) is 15.4 Å². The van der Waals surface area contributed by atoms with Crippen molar-refractivity contribution >= 4 is 22.0 Å². The summed E-state index contributed by atoms with van der Waals surface area (Å²) in [5.41, 5.74) is 0.532. The van der Waals surface area contributed by atoms with Crippen LogP contribution in [0.2, 0.25) is 0 Å². The average molecular weight is 546 g/mol. The number of alkyl halides is 3. The molecule has 2 aromatic rings. The number of carbonyl (C=O) groups excluding carboxylic acids is 2. The van der Waals surface area contributed by atoms with Crippen molar-refractivity contribution in [1.29, 1.82) is 0 Å². The lowest BCUT2D eigenvalue weighted by Crippen LogP contribution is -2.53. The van der Waals surface area contributed by atoms with Crippen LogP contribution < -0.4 is 15.4 Å². The van der Waals surface area contributed by atoms with Gasteiger partial charge in [-0.1, -0.05) is 54.6 Å². The molecule has 0 aliphatic rings. The van der Waals surface area contributed by atoms with E-state index in [9.17, 15) is 36.3 Å². The predicted octanol–water partition coefficient (Wildman–Crippen LogP) is 2.74. The number of carbonyl (C=O) groups is 2. The van der Waals surface area contributed by atoms with Gasteiger partial charge in [-0.25, -0.2) is 13.2 Å². The van der Waals surface area contributed by atoms with E-state index in [0.717, 1.165) is 5.56 Å². The molecule has 2 rings (SSSR count). The van der Waals surface area contributed by atoms with E-state index in [1.807, 2.05) is 0 Å². The molecule has 0 bridgehead atoms. The van der Waals surface area contributed by atoms with E-state index in [0.29, 0.717) is 5.56 Å². The van der Waals surface area contributed by atoms with Crippen LogP contribution in [0.5, 0.6) is 0 Å². The number of aliphatic hydroxyl groups is 1. The van der Waals surface area contributed by atoms with Gasteiger partial charge in [0, 0.05) is 6.54 Å². The fourth-order valence-corrected chi connectivity index (χ4v) is 4.38. The fourth-order valence-electron chi connectivity index (χ4n) is 3.13. The molecule has 0 aliphatic carbocycles. The highest BCUT2D eigenvalue weighted by molar-refractivity contribution is 7.88. The number of amides is 2. The van der Waals surface area contributed by atoms with E-state index >= 15 is 0 Å². The summed E-state index contributed by atoms with van der Waals surface area (Å²) in [7, 11) is -4.11. The molecular formula is C24H30F3N3O6S. The lowest BCUT2D eigenvalue weighted by molar-refractivity contribution is -0.173. The van der Waals surface area contributed by atoms with Crippen molar-refractivity contribution < 1.29 is 41.0 Å². The minimum atomic E-state index is -5.00. The molecule has 13 heteroatoms. The van der Waals surface area contributed by atoms with Gasteiger partial charge in [0.25, 0.3) is 0 Å². The highest BCUT2D eigenvalue weighted by Gasteiger charge is 2.38. The van der Waals surface area contributed by atoms with Gasteiger partial charge in [-0.15, -0.1) is 0 Å². The topological polar surface area (TPSA) is 134 Å². The molecule has 0 saturated carbocycles. The van der Waals surface area contributed by atoms with Crippen LogP contribution in [0.4, 0.5) is 18.0 Å². The SMILES string of the molecule is CC(C)(C)OC(=O)N[C@@H](Cc1ccccc1)C(O)NS(=O)(=O)Cc1ccc(CNC(=O)C(F)(F)F)cc1. The number of sulfonamides is 1. The molecule has 0 radical (unpaired) electrons. The molecular weight excluding hydrogens is 515 g/mol. The summed E-state index contributed by atoms with van der Waals surface area (Å²) in [6.45, 7) is 4.59. The first kappa shape index (κ1) is 30.1. The molecule has 0 saturated heterocycles. The van der Waals surface area contributed by atoms with Crippen molar-refractivity contribution in [2.24, 2.45) is 0 Å². The lowest BCUT2D eigenvalue weighted by Gasteiger charge is -2.27. The third-order valence-electron chi connectivity index (χ3n) is 4.77. The Morgan fingerprint density at radius 3 is 2.05 bits per heavy atom. The highest BCUT2D eigenvalue weighted by Crippen LogP contribution is 2.15. The second kappa shape index (κ2) is 12.4. The van der Waals surface area contributed by atoms with Crippen molar-refractivity contribution in [3.05, 3.63) is 71.3 Å². The van der Waals surface area contributed by atoms with E-state index in [-0.39, 0.29) is 18.5 Å². The Hall–Kier alpha value is -3.16. The summed E-state index contributed by atoms with van der Waals surface area (Å²) in [5.74, 6) is -2.63.